The molecule has 2 atom stereocenters. The summed E-state index contributed by atoms with van der Waals surface area (Å²) in [5.74, 6) is -1.19. The fraction of sp³-hybridized carbons (Fsp3) is 0.591. The van der Waals surface area contributed by atoms with Gasteiger partial charge >= 0.3 is 0 Å². The van der Waals surface area contributed by atoms with Gasteiger partial charge in [-0.2, -0.15) is 0 Å². The minimum absolute atomic E-state index is 0.161. The first-order chi connectivity index (χ1) is 14.1. The maximum absolute atomic E-state index is 12.8. The van der Waals surface area contributed by atoms with E-state index in [4.69, 9.17) is 9.94 Å². The average Bonchev–Trinajstić information content (AvgIpc) is 2.69. The lowest BCUT2D eigenvalue weighted by atomic mass is 9.85. The number of ether oxygens (including phenoxy) is 1. The zero-order valence-corrected chi connectivity index (χ0v) is 18.6. The molecule has 1 aromatic carbocycles. The highest BCUT2D eigenvalue weighted by atomic mass is 16.5. The Hall–Kier alpha value is -2.61. The molecule has 0 saturated heterocycles. The molecule has 0 spiro atoms. The Morgan fingerprint density at radius 2 is 1.83 bits per heavy atom. The predicted molar refractivity (Wildman–Crippen MR) is 114 cm³/mol. The number of benzene rings is 1. The molecule has 0 fully saturated rings. The summed E-state index contributed by atoms with van der Waals surface area (Å²) in [7, 11) is 1.51. The maximum atomic E-state index is 12.8. The van der Waals surface area contributed by atoms with Crippen molar-refractivity contribution in [2.75, 3.05) is 13.7 Å². The van der Waals surface area contributed by atoms with Crippen molar-refractivity contribution in [2.45, 2.75) is 59.4 Å². The first-order valence-corrected chi connectivity index (χ1v) is 10.2. The first-order valence-electron chi connectivity index (χ1n) is 10.2. The van der Waals surface area contributed by atoms with Gasteiger partial charge in [-0.25, -0.2) is 5.48 Å². The highest BCUT2D eigenvalue weighted by molar-refractivity contribution is 5.90. The van der Waals surface area contributed by atoms with E-state index in [2.05, 4.69) is 10.6 Å². The van der Waals surface area contributed by atoms with Crippen LogP contribution in [0.25, 0.3) is 0 Å². The molecule has 3 amide bonds. The first kappa shape index (κ1) is 25.4. The summed E-state index contributed by atoms with van der Waals surface area (Å²) in [6.45, 7) is 8.04. The molecule has 8 nitrogen and oxygen atoms in total. The van der Waals surface area contributed by atoms with Crippen molar-refractivity contribution in [2.24, 2.45) is 11.3 Å². The summed E-state index contributed by atoms with van der Waals surface area (Å²) in [6, 6.07) is 7.02. The zero-order chi connectivity index (χ0) is 22.7. The van der Waals surface area contributed by atoms with Gasteiger partial charge in [0.1, 0.15) is 11.8 Å². The number of likely N-dealkylation sites (N-methyl/N-ethyl adjacent to an activating group) is 1. The van der Waals surface area contributed by atoms with E-state index in [9.17, 15) is 14.4 Å². The Bertz CT molecular complexity index is 715. The SMILES string of the molecule is CNC(=O)[C@@H](NC(=O)[C@@H](CCCCOc1cccc(C)c1)CC(=O)NO)C(C)(C)C. The van der Waals surface area contributed by atoms with E-state index < -0.39 is 23.3 Å². The van der Waals surface area contributed by atoms with Gasteiger partial charge in [0.05, 0.1) is 6.61 Å². The van der Waals surface area contributed by atoms with Crippen LogP contribution < -0.4 is 20.9 Å². The highest BCUT2D eigenvalue weighted by Crippen LogP contribution is 2.22. The summed E-state index contributed by atoms with van der Waals surface area (Å²) >= 11 is 0. The number of aryl methyl sites for hydroxylation is 1. The molecule has 0 aliphatic heterocycles. The van der Waals surface area contributed by atoms with Gasteiger partial charge in [-0.05, 0) is 49.3 Å². The minimum atomic E-state index is -0.737. The van der Waals surface area contributed by atoms with Crippen molar-refractivity contribution in [1.29, 1.82) is 0 Å². The van der Waals surface area contributed by atoms with Gasteiger partial charge in [0.15, 0.2) is 0 Å². The van der Waals surface area contributed by atoms with Crippen LogP contribution in [0.15, 0.2) is 24.3 Å². The van der Waals surface area contributed by atoms with E-state index in [0.29, 0.717) is 25.9 Å². The normalized spacial score (nSPS) is 13.1. The molecule has 30 heavy (non-hydrogen) atoms. The number of rotatable bonds is 11. The van der Waals surface area contributed by atoms with Gasteiger partial charge in [-0.15, -0.1) is 0 Å². The van der Waals surface area contributed by atoms with Crippen LogP contribution in [0.2, 0.25) is 0 Å². The third-order valence-corrected chi connectivity index (χ3v) is 4.79. The Morgan fingerprint density at radius 3 is 2.40 bits per heavy atom. The van der Waals surface area contributed by atoms with Crippen molar-refractivity contribution >= 4 is 17.7 Å². The molecule has 4 N–H and O–H groups in total. The molecular weight excluding hydrogens is 386 g/mol. The molecule has 0 bridgehead atoms. The molecule has 168 valence electrons. The fourth-order valence-corrected chi connectivity index (χ4v) is 3.06. The average molecular weight is 422 g/mol. The monoisotopic (exact) mass is 421 g/mol. The van der Waals surface area contributed by atoms with Crippen molar-refractivity contribution in [3.8, 4) is 5.75 Å². The number of carbonyl (C=O) groups excluding carboxylic acids is 3. The Balaban J connectivity index is 2.65. The van der Waals surface area contributed by atoms with Crippen LogP contribution in [0, 0.1) is 18.3 Å². The molecule has 0 unspecified atom stereocenters. The van der Waals surface area contributed by atoms with Crippen molar-refractivity contribution < 1.29 is 24.3 Å². The summed E-state index contributed by atoms with van der Waals surface area (Å²) < 4.78 is 5.71. The minimum Gasteiger partial charge on any atom is -0.494 e. The van der Waals surface area contributed by atoms with Crippen LogP contribution in [-0.2, 0) is 14.4 Å². The number of amides is 3. The summed E-state index contributed by atoms with van der Waals surface area (Å²) in [6.07, 6.45) is 1.63. The summed E-state index contributed by atoms with van der Waals surface area (Å²) in [5, 5.41) is 14.2. The molecule has 0 heterocycles. The predicted octanol–water partition coefficient (Wildman–Crippen LogP) is 2.33. The van der Waals surface area contributed by atoms with Crippen LogP contribution in [0.4, 0.5) is 0 Å². The summed E-state index contributed by atoms with van der Waals surface area (Å²) in [4.78, 5) is 36.7. The van der Waals surface area contributed by atoms with Gasteiger partial charge in [0, 0.05) is 19.4 Å². The number of hydrogen-bond donors (Lipinski definition) is 4. The maximum Gasteiger partial charge on any atom is 0.244 e. The van der Waals surface area contributed by atoms with E-state index in [1.807, 2.05) is 52.0 Å². The molecule has 0 aromatic heterocycles. The van der Waals surface area contributed by atoms with Gasteiger partial charge in [0.25, 0.3) is 0 Å². The lowest BCUT2D eigenvalue weighted by molar-refractivity contribution is -0.137. The smallest absolute Gasteiger partial charge is 0.244 e. The van der Waals surface area contributed by atoms with Crippen LogP contribution in [0.1, 0.15) is 52.0 Å². The van der Waals surface area contributed by atoms with Crippen LogP contribution in [0.5, 0.6) is 5.75 Å². The van der Waals surface area contributed by atoms with Gasteiger partial charge in [-0.1, -0.05) is 32.9 Å². The number of hydrogen-bond acceptors (Lipinski definition) is 5. The fourth-order valence-electron chi connectivity index (χ4n) is 3.06. The number of nitrogens with one attached hydrogen (secondary N) is 3. The molecular formula is C22H35N3O5. The van der Waals surface area contributed by atoms with Gasteiger partial charge < -0.3 is 15.4 Å². The molecule has 0 aliphatic rings. The molecule has 0 aliphatic carbocycles. The Labute approximate surface area is 178 Å². The number of carbonyl (C=O) groups is 3. The molecule has 0 radical (unpaired) electrons. The van der Waals surface area contributed by atoms with Crippen molar-refractivity contribution in [3.63, 3.8) is 0 Å². The standard InChI is InChI=1S/C22H35N3O5/c1-15-9-8-11-17(13-15)30-12-7-6-10-16(14-18(26)25-29)20(27)24-19(21(28)23-5)22(2,3)4/h8-9,11,13,16,19,29H,6-7,10,12,14H2,1-5H3,(H,23,28)(H,24,27)(H,25,26)/t16-,19+/m0/s1. The van der Waals surface area contributed by atoms with E-state index in [0.717, 1.165) is 11.3 Å². The zero-order valence-electron chi connectivity index (χ0n) is 18.6. The number of unbranched alkanes of at least 4 members (excludes halogenated alkanes) is 1. The Morgan fingerprint density at radius 1 is 1.13 bits per heavy atom. The van der Waals surface area contributed by atoms with Crippen LogP contribution >= 0.6 is 0 Å². The van der Waals surface area contributed by atoms with Gasteiger partial charge in [-0.3, -0.25) is 19.6 Å². The molecule has 0 saturated carbocycles. The molecule has 1 aromatic rings. The molecule has 1 rings (SSSR count). The van der Waals surface area contributed by atoms with Crippen molar-refractivity contribution in [3.05, 3.63) is 29.8 Å². The lowest BCUT2D eigenvalue weighted by Crippen LogP contribution is -2.54. The lowest BCUT2D eigenvalue weighted by Gasteiger charge is -2.31. The van der Waals surface area contributed by atoms with E-state index in [1.54, 1.807) is 5.48 Å². The van der Waals surface area contributed by atoms with Crippen molar-refractivity contribution in [1.82, 2.24) is 16.1 Å². The summed E-state index contributed by atoms with van der Waals surface area (Å²) in [5.41, 5.74) is 2.19. The van der Waals surface area contributed by atoms with Crippen LogP contribution in [0.3, 0.4) is 0 Å². The second-order valence-corrected chi connectivity index (χ2v) is 8.52. The quantitative estimate of drug-likeness (QED) is 0.249. The third kappa shape index (κ3) is 8.82. The van der Waals surface area contributed by atoms with E-state index >= 15 is 0 Å². The van der Waals surface area contributed by atoms with Gasteiger partial charge in [0.2, 0.25) is 17.7 Å². The van der Waals surface area contributed by atoms with E-state index in [1.165, 1.54) is 7.05 Å². The van der Waals surface area contributed by atoms with E-state index in [-0.39, 0.29) is 18.2 Å². The van der Waals surface area contributed by atoms with Crippen LogP contribution in [-0.4, -0.2) is 42.6 Å². The Kier molecular flexibility index (Phi) is 10.3. The second kappa shape index (κ2) is 12.2. The largest absolute Gasteiger partial charge is 0.494 e. The second-order valence-electron chi connectivity index (χ2n) is 8.52. The number of hydroxylamine groups is 1. The highest BCUT2D eigenvalue weighted by Gasteiger charge is 2.34. The topological polar surface area (TPSA) is 117 Å². The third-order valence-electron chi connectivity index (χ3n) is 4.79. The molecule has 8 heteroatoms.